The highest BCUT2D eigenvalue weighted by Gasteiger charge is 2.13. The third-order valence-electron chi connectivity index (χ3n) is 5.05. The molecular formula is C27H17Br2FN2O2. The van der Waals surface area contributed by atoms with Crippen molar-refractivity contribution in [1.29, 1.82) is 5.26 Å². The van der Waals surface area contributed by atoms with Gasteiger partial charge >= 0.3 is 0 Å². The fraction of sp³-hybridized carbons (Fsp3) is 0.0370. The number of ether oxygens (including phenoxy) is 1. The first-order valence-corrected chi connectivity index (χ1v) is 11.8. The van der Waals surface area contributed by atoms with Crippen molar-refractivity contribution < 1.29 is 13.9 Å². The molecule has 4 aromatic rings. The van der Waals surface area contributed by atoms with Crippen LogP contribution in [0.5, 0.6) is 5.75 Å². The second-order valence-electron chi connectivity index (χ2n) is 7.37. The summed E-state index contributed by atoms with van der Waals surface area (Å²) >= 11 is 7.05. The summed E-state index contributed by atoms with van der Waals surface area (Å²) in [6.45, 7) is 0.372. The molecule has 0 saturated carbocycles. The zero-order valence-electron chi connectivity index (χ0n) is 17.7. The number of halogens is 3. The van der Waals surface area contributed by atoms with Gasteiger partial charge in [0.05, 0.1) is 8.95 Å². The molecule has 1 amide bonds. The lowest BCUT2D eigenvalue weighted by Gasteiger charge is -2.13. The number of nitriles is 1. The molecule has 34 heavy (non-hydrogen) atoms. The molecule has 0 aliphatic heterocycles. The number of fused-ring (bicyclic) bond motifs is 1. The highest BCUT2D eigenvalue weighted by atomic mass is 79.9. The Bertz CT molecular complexity index is 1420. The first-order valence-electron chi connectivity index (χ1n) is 10.2. The lowest BCUT2D eigenvalue weighted by Crippen LogP contribution is -2.13. The molecule has 0 aliphatic rings. The van der Waals surface area contributed by atoms with Gasteiger partial charge < -0.3 is 10.1 Å². The molecule has 0 radical (unpaired) electrons. The third-order valence-corrected chi connectivity index (χ3v) is 6.23. The molecule has 4 nitrogen and oxygen atoms in total. The van der Waals surface area contributed by atoms with Gasteiger partial charge in [-0.05, 0) is 96.2 Å². The Morgan fingerprint density at radius 2 is 1.68 bits per heavy atom. The molecule has 0 bridgehead atoms. The first-order chi connectivity index (χ1) is 16.4. The highest BCUT2D eigenvalue weighted by molar-refractivity contribution is 9.11. The van der Waals surface area contributed by atoms with E-state index in [1.165, 1.54) is 30.3 Å². The second-order valence-corrected chi connectivity index (χ2v) is 9.08. The van der Waals surface area contributed by atoms with Crippen molar-refractivity contribution in [3.63, 3.8) is 0 Å². The van der Waals surface area contributed by atoms with Gasteiger partial charge in [0, 0.05) is 5.69 Å². The number of hydrogen-bond donors (Lipinski definition) is 1. The maximum absolute atomic E-state index is 13.1. The van der Waals surface area contributed by atoms with Crippen molar-refractivity contribution in [2.75, 3.05) is 5.32 Å². The number of anilines is 1. The smallest absolute Gasteiger partial charge is 0.266 e. The van der Waals surface area contributed by atoms with Crippen LogP contribution in [-0.4, -0.2) is 5.91 Å². The molecule has 4 aromatic carbocycles. The number of nitrogens with one attached hydrogen (secondary N) is 1. The summed E-state index contributed by atoms with van der Waals surface area (Å²) in [6.07, 6.45) is 1.48. The lowest BCUT2D eigenvalue weighted by molar-refractivity contribution is -0.112. The molecule has 4 rings (SSSR count). The van der Waals surface area contributed by atoms with Crippen LogP contribution in [0.1, 0.15) is 11.1 Å². The van der Waals surface area contributed by atoms with Crippen LogP contribution in [0.15, 0.2) is 93.4 Å². The predicted molar refractivity (Wildman–Crippen MR) is 139 cm³/mol. The van der Waals surface area contributed by atoms with Gasteiger partial charge in [0.15, 0.2) is 0 Å². The molecule has 168 valence electrons. The SMILES string of the molecule is N#C/C(=C\c1cc(Br)c(OCc2cccc3ccccc23)c(Br)c1)C(=O)Nc1ccc(F)cc1. The van der Waals surface area contributed by atoms with E-state index in [9.17, 15) is 14.4 Å². The monoisotopic (exact) mass is 578 g/mol. The van der Waals surface area contributed by atoms with Crippen molar-refractivity contribution in [3.8, 4) is 11.8 Å². The van der Waals surface area contributed by atoms with E-state index in [0.29, 0.717) is 32.6 Å². The molecule has 7 heteroatoms. The van der Waals surface area contributed by atoms with Crippen LogP contribution < -0.4 is 10.1 Å². The Kier molecular flexibility index (Phi) is 7.41. The summed E-state index contributed by atoms with van der Waals surface area (Å²) < 4.78 is 20.5. The third kappa shape index (κ3) is 5.53. The molecule has 1 N–H and O–H groups in total. The molecule has 0 aromatic heterocycles. The molecule has 0 atom stereocenters. The summed E-state index contributed by atoms with van der Waals surface area (Å²) in [7, 11) is 0. The van der Waals surface area contributed by atoms with Crippen LogP contribution in [0.4, 0.5) is 10.1 Å². The minimum atomic E-state index is -0.586. The van der Waals surface area contributed by atoms with Gasteiger partial charge in [-0.3, -0.25) is 4.79 Å². The minimum Gasteiger partial charge on any atom is -0.487 e. The quantitative estimate of drug-likeness (QED) is 0.189. The lowest BCUT2D eigenvalue weighted by atomic mass is 10.1. The Morgan fingerprint density at radius 3 is 2.38 bits per heavy atom. The van der Waals surface area contributed by atoms with E-state index < -0.39 is 11.7 Å². The van der Waals surface area contributed by atoms with Crippen LogP contribution in [0.3, 0.4) is 0 Å². The van der Waals surface area contributed by atoms with Crippen molar-refractivity contribution in [2.45, 2.75) is 6.61 Å². The maximum Gasteiger partial charge on any atom is 0.266 e. The van der Waals surface area contributed by atoms with E-state index in [-0.39, 0.29) is 5.57 Å². The van der Waals surface area contributed by atoms with Crippen LogP contribution in [0, 0.1) is 17.1 Å². The minimum absolute atomic E-state index is 0.0902. The van der Waals surface area contributed by atoms with Crippen LogP contribution >= 0.6 is 31.9 Å². The first kappa shape index (κ1) is 23.7. The number of benzene rings is 4. The predicted octanol–water partition coefficient (Wildman–Crippen LogP) is 7.63. The molecular weight excluding hydrogens is 563 g/mol. The fourth-order valence-corrected chi connectivity index (χ4v) is 4.87. The van der Waals surface area contributed by atoms with E-state index in [2.05, 4.69) is 55.4 Å². The van der Waals surface area contributed by atoms with E-state index in [0.717, 1.165) is 16.3 Å². The highest BCUT2D eigenvalue weighted by Crippen LogP contribution is 2.36. The van der Waals surface area contributed by atoms with Crippen LogP contribution in [0.25, 0.3) is 16.8 Å². The van der Waals surface area contributed by atoms with E-state index in [4.69, 9.17) is 4.74 Å². The summed E-state index contributed by atoms with van der Waals surface area (Å²) in [5, 5.41) is 14.3. The Balaban J connectivity index is 1.53. The van der Waals surface area contributed by atoms with Gasteiger partial charge in [0.1, 0.15) is 29.8 Å². The molecule has 0 saturated heterocycles. The second kappa shape index (κ2) is 10.6. The molecule has 0 heterocycles. The molecule has 0 fully saturated rings. The van der Waals surface area contributed by atoms with Crippen LogP contribution in [0.2, 0.25) is 0 Å². The van der Waals surface area contributed by atoms with Crippen molar-refractivity contribution >= 4 is 60.3 Å². The van der Waals surface area contributed by atoms with Crippen molar-refractivity contribution in [1.82, 2.24) is 0 Å². The number of hydrogen-bond acceptors (Lipinski definition) is 3. The topological polar surface area (TPSA) is 62.1 Å². The van der Waals surface area contributed by atoms with Gasteiger partial charge in [-0.2, -0.15) is 5.26 Å². The average molecular weight is 580 g/mol. The van der Waals surface area contributed by atoms with E-state index in [1.54, 1.807) is 12.1 Å². The number of nitrogens with zero attached hydrogens (tertiary/aromatic N) is 1. The zero-order chi connectivity index (χ0) is 24.1. The average Bonchev–Trinajstić information content (AvgIpc) is 2.83. The summed E-state index contributed by atoms with van der Waals surface area (Å²) in [5.74, 6) is -0.386. The molecule has 0 aliphatic carbocycles. The Morgan fingerprint density at radius 1 is 1.00 bits per heavy atom. The standard InChI is InChI=1S/C27H17Br2FN2O2/c28-24-13-17(12-20(15-31)27(33)32-22-10-8-21(30)9-11-22)14-25(29)26(24)34-16-19-6-3-5-18-4-1-2-7-23(18)19/h1-14H,16H2,(H,32,33)/b20-12+. The molecule has 0 unspecified atom stereocenters. The number of amides is 1. The van der Waals surface area contributed by atoms with Crippen molar-refractivity contribution in [3.05, 3.63) is 110 Å². The largest absolute Gasteiger partial charge is 0.487 e. The zero-order valence-corrected chi connectivity index (χ0v) is 20.9. The Labute approximate surface area is 212 Å². The van der Waals surface area contributed by atoms with E-state index >= 15 is 0 Å². The van der Waals surface area contributed by atoms with Crippen LogP contribution in [-0.2, 0) is 11.4 Å². The van der Waals surface area contributed by atoms with Crippen molar-refractivity contribution in [2.24, 2.45) is 0 Å². The van der Waals surface area contributed by atoms with Gasteiger partial charge in [0.25, 0.3) is 5.91 Å². The Hall–Kier alpha value is -3.47. The number of rotatable bonds is 6. The van der Waals surface area contributed by atoms with Gasteiger partial charge in [-0.15, -0.1) is 0 Å². The summed E-state index contributed by atoms with van der Waals surface area (Å²) in [4.78, 5) is 12.5. The van der Waals surface area contributed by atoms with Gasteiger partial charge in [0.2, 0.25) is 0 Å². The normalized spacial score (nSPS) is 11.2. The summed E-state index contributed by atoms with van der Waals surface area (Å²) in [6, 6.07) is 25.0. The maximum atomic E-state index is 13.1. The van der Waals surface area contributed by atoms with E-state index in [1.807, 2.05) is 30.3 Å². The molecule has 0 spiro atoms. The summed E-state index contributed by atoms with van der Waals surface area (Å²) in [5.41, 5.74) is 1.99. The van der Waals surface area contributed by atoms with Gasteiger partial charge in [-0.1, -0.05) is 42.5 Å². The van der Waals surface area contributed by atoms with Gasteiger partial charge in [-0.25, -0.2) is 4.39 Å². The fourth-order valence-electron chi connectivity index (χ4n) is 3.42. The number of carbonyl (C=O) groups excluding carboxylic acids is 1. The number of carbonyl (C=O) groups is 1.